The summed E-state index contributed by atoms with van der Waals surface area (Å²) >= 11 is 0. The predicted molar refractivity (Wildman–Crippen MR) is 125 cm³/mol. The van der Waals surface area contributed by atoms with Crippen molar-refractivity contribution in [3.63, 3.8) is 0 Å². The molecule has 3 aromatic carbocycles. The third kappa shape index (κ3) is 4.32. The van der Waals surface area contributed by atoms with Crippen LogP contribution in [0.4, 0.5) is 0 Å². The maximum absolute atomic E-state index is 13.7. The Bertz CT molecular complexity index is 1310. The van der Waals surface area contributed by atoms with E-state index in [1.54, 1.807) is 42.5 Å². The largest absolute Gasteiger partial charge is 0.465 e. The second-order valence-corrected chi connectivity index (χ2v) is 9.62. The summed E-state index contributed by atoms with van der Waals surface area (Å²) in [6.07, 6.45) is 1.78. The highest BCUT2D eigenvalue weighted by atomic mass is 32.2. The van der Waals surface area contributed by atoms with Crippen molar-refractivity contribution in [1.29, 1.82) is 0 Å². The molecule has 7 heteroatoms. The van der Waals surface area contributed by atoms with Crippen LogP contribution in [-0.4, -0.2) is 38.3 Å². The molecule has 0 aliphatic carbocycles. The molecule has 0 fully saturated rings. The van der Waals surface area contributed by atoms with Gasteiger partial charge in [-0.1, -0.05) is 66.2 Å². The zero-order valence-electron chi connectivity index (χ0n) is 18.3. The monoisotopic (exact) mass is 461 g/mol. The summed E-state index contributed by atoms with van der Waals surface area (Å²) < 4.78 is 32.3. The van der Waals surface area contributed by atoms with Crippen LogP contribution in [0.15, 0.2) is 89.8 Å². The van der Waals surface area contributed by atoms with Crippen LogP contribution in [-0.2, 0) is 19.6 Å². The van der Waals surface area contributed by atoms with Crippen LogP contribution in [0.5, 0.6) is 0 Å². The first-order valence-electron chi connectivity index (χ1n) is 10.4. The lowest BCUT2D eigenvalue weighted by Crippen LogP contribution is -2.43. The number of esters is 1. The van der Waals surface area contributed by atoms with E-state index < -0.39 is 27.8 Å². The molecule has 1 aliphatic heterocycles. The molecule has 0 radical (unpaired) electrons. The number of carbonyl (C=O) groups is 2. The number of rotatable bonds is 5. The number of carbonyl (C=O) groups excluding carboxylic acids is 2. The van der Waals surface area contributed by atoms with Crippen molar-refractivity contribution in [3.05, 3.63) is 107 Å². The Kier molecular flexibility index (Phi) is 6.16. The molecule has 0 saturated carbocycles. The number of aryl methyl sites for hydroxylation is 1. The fourth-order valence-corrected chi connectivity index (χ4v) is 5.23. The van der Waals surface area contributed by atoms with Gasteiger partial charge in [0.2, 0.25) is 5.91 Å². The second kappa shape index (κ2) is 9.03. The number of nitrogens with zero attached hydrogens (tertiary/aromatic N) is 1. The molecule has 33 heavy (non-hydrogen) atoms. The van der Waals surface area contributed by atoms with Gasteiger partial charge in [-0.15, -0.1) is 0 Å². The summed E-state index contributed by atoms with van der Waals surface area (Å²) in [4.78, 5) is 25.6. The van der Waals surface area contributed by atoms with E-state index in [9.17, 15) is 18.0 Å². The van der Waals surface area contributed by atoms with Crippen LogP contribution >= 0.6 is 0 Å². The maximum Gasteiger partial charge on any atom is 0.337 e. The third-order valence-electron chi connectivity index (χ3n) is 5.66. The van der Waals surface area contributed by atoms with Crippen molar-refractivity contribution in [3.8, 4) is 0 Å². The standard InChI is InChI=1S/C26H23NO5S/c1-18-8-14-22(15-9-18)33(30,31)27-17-16-23(19-6-4-3-5-7-19)24(25(27)28)20-10-12-21(13-11-20)26(29)32-2/h3-16,24H,17H2,1-2H3. The van der Waals surface area contributed by atoms with Crippen molar-refractivity contribution in [2.75, 3.05) is 13.7 Å². The lowest BCUT2D eigenvalue weighted by Gasteiger charge is -2.32. The van der Waals surface area contributed by atoms with Crippen molar-refractivity contribution >= 4 is 27.5 Å². The van der Waals surface area contributed by atoms with Gasteiger partial charge in [-0.25, -0.2) is 17.5 Å². The van der Waals surface area contributed by atoms with Crippen LogP contribution in [0, 0.1) is 6.92 Å². The summed E-state index contributed by atoms with van der Waals surface area (Å²) in [5.41, 5.74) is 3.42. The minimum atomic E-state index is -4.03. The van der Waals surface area contributed by atoms with Gasteiger partial charge in [-0.2, -0.15) is 0 Å². The van der Waals surface area contributed by atoms with E-state index in [0.29, 0.717) is 11.1 Å². The minimum absolute atomic E-state index is 0.0595. The molecule has 0 aromatic heterocycles. The highest BCUT2D eigenvalue weighted by Gasteiger charge is 2.39. The number of amides is 1. The summed E-state index contributed by atoms with van der Waals surface area (Å²) in [5.74, 6) is -1.87. The molecule has 6 nitrogen and oxygen atoms in total. The predicted octanol–water partition coefficient (Wildman–Crippen LogP) is 4.18. The molecule has 1 unspecified atom stereocenters. The van der Waals surface area contributed by atoms with Crippen LogP contribution in [0.1, 0.15) is 33.0 Å². The van der Waals surface area contributed by atoms with Gasteiger partial charge in [0.25, 0.3) is 10.0 Å². The molecule has 1 amide bonds. The van der Waals surface area contributed by atoms with Gasteiger partial charge in [0.1, 0.15) is 0 Å². The fraction of sp³-hybridized carbons (Fsp3) is 0.154. The maximum atomic E-state index is 13.7. The Morgan fingerprint density at radius 1 is 0.939 bits per heavy atom. The molecule has 0 saturated heterocycles. The molecule has 4 rings (SSSR count). The molecular weight excluding hydrogens is 438 g/mol. The topological polar surface area (TPSA) is 80.8 Å². The number of methoxy groups -OCH3 is 1. The van der Waals surface area contributed by atoms with Crippen molar-refractivity contribution < 1.29 is 22.7 Å². The van der Waals surface area contributed by atoms with Crippen molar-refractivity contribution in [1.82, 2.24) is 4.31 Å². The number of ether oxygens (including phenoxy) is 1. The van der Waals surface area contributed by atoms with E-state index in [1.165, 1.54) is 19.2 Å². The molecule has 1 aliphatic rings. The Hall–Kier alpha value is -3.71. The zero-order chi connectivity index (χ0) is 23.6. The summed E-state index contributed by atoms with van der Waals surface area (Å²) in [5, 5.41) is 0. The van der Waals surface area contributed by atoms with Gasteiger partial charge in [-0.3, -0.25) is 4.79 Å². The first-order valence-corrected chi connectivity index (χ1v) is 11.8. The molecule has 1 atom stereocenters. The van der Waals surface area contributed by atoms with Gasteiger partial charge in [0, 0.05) is 0 Å². The number of sulfonamides is 1. The van der Waals surface area contributed by atoms with Gasteiger partial charge in [0.05, 0.1) is 30.0 Å². The molecule has 0 bridgehead atoms. The number of hydrogen-bond acceptors (Lipinski definition) is 5. The van der Waals surface area contributed by atoms with Gasteiger partial charge < -0.3 is 4.74 Å². The number of benzene rings is 3. The van der Waals surface area contributed by atoms with E-state index in [4.69, 9.17) is 4.74 Å². The van der Waals surface area contributed by atoms with Gasteiger partial charge >= 0.3 is 5.97 Å². The molecule has 0 spiro atoms. The van der Waals surface area contributed by atoms with Gasteiger partial charge in [-0.05, 0) is 47.9 Å². The minimum Gasteiger partial charge on any atom is -0.465 e. The first-order chi connectivity index (χ1) is 15.8. The van der Waals surface area contributed by atoms with Crippen molar-refractivity contribution in [2.45, 2.75) is 17.7 Å². The highest BCUT2D eigenvalue weighted by Crippen LogP contribution is 2.38. The zero-order valence-corrected chi connectivity index (χ0v) is 19.1. The Morgan fingerprint density at radius 3 is 2.18 bits per heavy atom. The number of hydrogen-bond donors (Lipinski definition) is 0. The second-order valence-electron chi connectivity index (χ2n) is 7.76. The molecule has 0 N–H and O–H groups in total. The molecule has 3 aromatic rings. The van der Waals surface area contributed by atoms with E-state index in [1.807, 2.05) is 37.3 Å². The van der Waals surface area contributed by atoms with Crippen LogP contribution in [0.25, 0.3) is 5.57 Å². The van der Waals surface area contributed by atoms with Gasteiger partial charge in [0.15, 0.2) is 0 Å². The Morgan fingerprint density at radius 2 is 1.58 bits per heavy atom. The van der Waals surface area contributed by atoms with E-state index in [0.717, 1.165) is 21.0 Å². The fourth-order valence-electron chi connectivity index (χ4n) is 3.89. The first kappa shape index (κ1) is 22.5. The Balaban J connectivity index is 1.79. The lowest BCUT2D eigenvalue weighted by atomic mass is 9.83. The van der Waals surface area contributed by atoms with Crippen LogP contribution < -0.4 is 0 Å². The SMILES string of the molecule is COC(=O)c1ccc(C2C(=O)N(S(=O)(=O)c3ccc(C)cc3)CC=C2c2ccccc2)cc1. The smallest absolute Gasteiger partial charge is 0.337 e. The molecule has 168 valence electrons. The summed E-state index contributed by atoms with van der Waals surface area (Å²) in [7, 11) is -2.74. The normalized spacial score (nSPS) is 16.3. The molecule has 1 heterocycles. The average Bonchev–Trinajstić information content (AvgIpc) is 2.84. The molecular formula is C26H23NO5S. The highest BCUT2D eigenvalue weighted by molar-refractivity contribution is 7.89. The van der Waals surface area contributed by atoms with Crippen molar-refractivity contribution in [2.24, 2.45) is 0 Å². The Labute approximate surface area is 193 Å². The third-order valence-corrected chi connectivity index (χ3v) is 7.44. The summed E-state index contributed by atoms with van der Waals surface area (Å²) in [6, 6.07) is 22.3. The van der Waals surface area contributed by atoms with E-state index in [-0.39, 0.29) is 11.4 Å². The summed E-state index contributed by atoms with van der Waals surface area (Å²) in [6.45, 7) is 1.81. The quantitative estimate of drug-likeness (QED) is 0.533. The lowest BCUT2D eigenvalue weighted by molar-refractivity contribution is -0.126. The van der Waals surface area contributed by atoms with Crippen LogP contribution in [0.3, 0.4) is 0 Å². The van der Waals surface area contributed by atoms with E-state index in [2.05, 4.69) is 0 Å². The van der Waals surface area contributed by atoms with Crippen LogP contribution in [0.2, 0.25) is 0 Å². The average molecular weight is 462 g/mol. The van der Waals surface area contributed by atoms with E-state index >= 15 is 0 Å².